The summed E-state index contributed by atoms with van der Waals surface area (Å²) in [5, 5.41) is 0.874. The summed E-state index contributed by atoms with van der Waals surface area (Å²) in [5.74, 6) is 1.78. The van der Waals surface area contributed by atoms with Crippen LogP contribution in [0.4, 0.5) is 0 Å². The highest BCUT2D eigenvalue weighted by molar-refractivity contribution is 9.08. The van der Waals surface area contributed by atoms with Crippen LogP contribution in [0.5, 0.6) is 11.5 Å². The van der Waals surface area contributed by atoms with Crippen LogP contribution in [0.25, 0.3) is 0 Å². The maximum Gasteiger partial charge on any atom is 0.127 e. The molecule has 2 heteroatoms. The maximum atomic E-state index is 5.98. The van der Waals surface area contributed by atoms with Crippen molar-refractivity contribution >= 4 is 15.9 Å². The Morgan fingerprint density at radius 3 is 2.30 bits per heavy atom. The van der Waals surface area contributed by atoms with Crippen molar-refractivity contribution in [1.29, 1.82) is 0 Å². The monoisotopic (exact) mass is 332 g/mol. The minimum atomic E-state index is 0.134. The lowest BCUT2D eigenvalue weighted by Crippen LogP contribution is -2.10. The van der Waals surface area contributed by atoms with Crippen LogP contribution in [0.1, 0.15) is 37.5 Å². The molecule has 0 aromatic heterocycles. The minimum absolute atomic E-state index is 0.134. The van der Waals surface area contributed by atoms with Gasteiger partial charge in [-0.15, -0.1) is 0 Å². The molecule has 106 valence electrons. The zero-order chi connectivity index (χ0) is 14.8. The molecule has 0 aliphatic heterocycles. The average molecular weight is 333 g/mol. The fraction of sp³-hybridized carbons (Fsp3) is 0.333. The van der Waals surface area contributed by atoms with Gasteiger partial charge in [-0.25, -0.2) is 0 Å². The Morgan fingerprint density at radius 1 is 1.00 bits per heavy atom. The van der Waals surface area contributed by atoms with E-state index in [-0.39, 0.29) is 5.41 Å². The first-order valence-corrected chi connectivity index (χ1v) is 7.96. The van der Waals surface area contributed by atoms with Crippen LogP contribution < -0.4 is 4.74 Å². The summed E-state index contributed by atoms with van der Waals surface area (Å²) >= 11 is 3.49. The van der Waals surface area contributed by atoms with Crippen molar-refractivity contribution in [3.63, 3.8) is 0 Å². The predicted molar refractivity (Wildman–Crippen MR) is 89.0 cm³/mol. The van der Waals surface area contributed by atoms with E-state index in [9.17, 15) is 0 Å². The van der Waals surface area contributed by atoms with Gasteiger partial charge in [0.15, 0.2) is 0 Å². The first-order chi connectivity index (χ1) is 9.40. The van der Waals surface area contributed by atoms with Crippen molar-refractivity contribution in [3.05, 3.63) is 59.2 Å². The van der Waals surface area contributed by atoms with Gasteiger partial charge in [-0.3, -0.25) is 0 Å². The van der Waals surface area contributed by atoms with Gasteiger partial charge in [-0.2, -0.15) is 0 Å². The van der Waals surface area contributed by atoms with E-state index >= 15 is 0 Å². The highest BCUT2D eigenvalue weighted by atomic mass is 79.9. The number of hydrogen-bond donors (Lipinski definition) is 0. The average Bonchev–Trinajstić information content (AvgIpc) is 2.38. The molecule has 0 bridgehead atoms. The molecule has 2 aromatic carbocycles. The van der Waals surface area contributed by atoms with Crippen molar-refractivity contribution < 1.29 is 4.74 Å². The molecule has 0 fully saturated rings. The first-order valence-electron chi connectivity index (χ1n) is 6.84. The summed E-state index contributed by atoms with van der Waals surface area (Å²) in [6.07, 6.45) is 0. The highest BCUT2D eigenvalue weighted by Gasteiger charge is 2.14. The first kappa shape index (κ1) is 15.1. The summed E-state index contributed by atoms with van der Waals surface area (Å²) in [6.45, 7) is 8.73. The molecule has 0 atom stereocenters. The van der Waals surface area contributed by atoms with E-state index in [2.05, 4.69) is 74.0 Å². The van der Waals surface area contributed by atoms with E-state index in [1.165, 1.54) is 16.7 Å². The molecule has 0 amide bonds. The third kappa shape index (κ3) is 3.63. The Balaban J connectivity index is 2.24. The molecule has 0 saturated heterocycles. The van der Waals surface area contributed by atoms with E-state index < -0.39 is 0 Å². The SMILES string of the molecule is Cc1cc(Oc2cccc(C(C)(C)C)c2)ccc1CBr. The number of rotatable bonds is 3. The van der Waals surface area contributed by atoms with E-state index in [0.717, 1.165) is 16.8 Å². The standard InChI is InChI=1S/C18H21BrO/c1-13-10-17(9-8-14(13)12-19)20-16-7-5-6-15(11-16)18(2,3)4/h5-11H,12H2,1-4H3. The summed E-state index contributed by atoms with van der Waals surface area (Å²) in [7, 11) is 0. The molecule has 0 unspecified atom stereocenters. The predicted octanol–water partition coefficient (Wildman–Crippen LogP) is 5.98. The van der Waals surface area contributed by atoms with Crippen LogP contribution in [0.3, 0.4) is 0 Å². The number of benzene rings is 2. The van der Waals surface area contributed by atoms with Crippen molar-refractivity contribution in [3.8, 4) is 11.5 Å². The third-order valence-corrected chi connectivity index (χ3v) is 4.00. The minimum Gasteiger partial charge on any atom is -0.457 e. The number of hydrogen-bond acceptors (Lipinski definition) is 1. The summed E-state index contributed by atoms with van der Waals surface area (Å²) in [4.78, 5) is 0. The Kier molecular flexibility index (Phi) is 4.54. The largest absolute Gasteiger partial charge is 0.457 e. The Bertz CT molecular complexity index is 597. The van der Waals surface area contributed by atoms with Gasteiger partial charge >= 0.3 is 0 Å². The van der Waals surface area contributed by atoms with Crippen LogP contribution in [-0.4, -0.2) is 0 Å². The van der Waals surface area contributed by atoms with Crippen LogP contribution in [0, 0.1) is 6.92 Å². The molecular formula is C18H21BrO. The molecule has 0 aliphatic rings. The number of alkyl halides is 1. The number of halogens is 1. The molecule has 2 aromatic rings. The second-order valence-electron chi connectivity index (χ2n) is 6.10. The van der Waals surface area contributed by atoms with Crippen LogP contribution >= 0.6 is 15.9 Å². The fourth-order valence-electron chi connectivity index (χ4n) is 2.04. The van der Waals surface area contributed by atoms with Gasteiger partial charge in [0.05, 0.1) is 0 Å². The van der Waals surface area contributed by atoms with Crippen LogP contribution in [-0.2, 0) is 10.7 Å². The van der Waals surface area contributed by atoms with Crippen LogP contribution in [0.15, 0.2) is 42.5 Å². The van der Waals surface area contributed by atoms with Gasteiger partial charge in [0.1, 0.15) is 11.5 Å². The molecule has 1 nitrogen and oxygen atoms in total. The Hall–Kier alpha value is -1.28. The summed E-state index contributed by atoms with van der Waals surface area (Å²) in [6, 6.07) is 14.5. The van der Waals surface area contributed by atoms with Crippen molar-refractivity contribution in [2.45, 2.75) is 38.4 Å². The third-order valence-electron chi connectivity index (χ3n) is 3.39. The van der Waals surface area contributed by atoms with Gasteiger partial charge in [0, 0.05) is 5.33 Å². The van der Waals surface area contributed by atoms with Gasteiger partial charge < -0.3 is 4.74 Å². The second-order valence-corrected chi connectivity index (χ2v) is 6.66. The number of aryl methyl sites for hydroxylation is 1. The molecule has 20 heavy (non-hydrogen) atoms. The fourth-order valence-corrected chi connectivity index (χ4v) is 2.67. The highest BCUT2D eigenvalue weighted by Crippen LogP contribution is 2.29. The molecule has 0 heterocycles. The lowest BCUT2D eigenvalue weighted by molar-refractivity contribution is 0.478. The van der Waals surface area contributed by atoms with E-state index in [0.29, 0.717) is 0 Å². The van der Waals surface area contributed by atoms with E-state index in [1.54, 1.807) is 0 Å². The van der Waals surface area contributed by atoms with E-state index in [4.69, 9.17) is 4.74 Å². The maximum absolute atomic E-state index is 5.98. The summed E-state index contributed by atoms with van der Waals surface area (Å²) < 4.78 is 5.98. The molecule has 0 N–H and O–H groups in total. The normalized spacial score (nSPS) is 11.4. The lowest BCUT2D eigenvalue weighted by atomic mass is 9.87. The van der Waals surface area contributed by atoms with Crippen molar-refractivity contribution in [2.24, 2.45) is 0 Å². The molecule has 0 saturated carbocycles. The smallest absolute Gasteiger partial charge is 0.127 e. The molecule has 0 spiro atoms. The lowest BCUT2D eigenvalue weighted by Gasteiger charge is -2.19. The molecule has 0 radical (unpaired) electrons. The topological polar surface area (TPSA) is 9.23 Å². The summed E-state index contributed by atoms with van der Waals surface area (Å²) in [5.41, 5.74) is 3.95. The van der Waals surface area contributed by atoms with Crippen molar-refractivity contribution in [1.82, 2.24) is 0 Å². The van der Waals surface area contributed by atoms with E-state index in [1.807, 2.05) is 12.1 Å². The van der Waals surface area contributed by atoms with Crippen molar-refractivity contribution in [2.75, 3.05) is 0 Å². The number of ether oxygens (including phenoxy) is 1. The van der Waals surface area contributed by atoms with Gasteiger partial charge in [-0.1, -0.05) is 54.9 Å². The Morgan fingerprint density at radius 2 is 1.70 bits per heavy atom. The zero-order valence-corrected chi connectivity index (χ0v) is 14.1. The molecule has 0 aliphatic carbocycles. The molecule has 2 rings (SSSR count). The zero-order valence-electron chi connectivity index (χ0n) is 12.5. The molecular weight excluding hydrogens is 312 g/mol. The Labute approximate surface area is 130 Å². The second kappa shape index (κ2) is 6.01. The quantitative estimate of drug-likeness (QED) is 0.628. The van der Waals surface area contributed by atoms with Gasteiger partial charge in [-0.05, 0) is 53.3 Å². The van der Waals surface area contributed by atoms with Crippen LogP contribution in [0.2, 0.25) is 0 Å². The van der Waals surface area contributed by atoms with Gasteiger partial charge in [0.2, 0.25) is 0 Å². The van der Waals surface area contributed by atoms with Gasteiger partial charge in [0.25, 0.3) is 0 Å².